The van der Waals surface area contributed by atoms with E-state index in [0.717, 1.165) is 18.1 Å². The van der Waals surface area contributed by atoms with E-state index in [1.807, 2.05) is 32.9 Å². The van der Waals surface area contributed by atoms with Gasteiger partial charge in [0.15, 0.2) is 5.96 Å². The number of piperazine rings is 1. The number of ether oxygens (including phenoxy) is 2. The molecular formula is C18H28IN5O3. The highest BCUT2D eigenvalue weighted by atomic mass is 127. The first kappa shape index (κ1) is 21.5. The van der Waals surface area contributed by atoms with Crippen LogP contribution in [0, 0.1) is 0 Å². The van der Waals surface area contributed by atoms with Crippen LogP contribution in [0.1, 0.15) is 26.3 Å². The van der Waals surface area contributed by atoms with E-state index >= 15 is 0 Å². The molecular weight excluding hydrogens is 461 g/mol. The Hall–Kier alpha value is -1.78. The zero-order valence-electron chi connectivity index (χ0n) is 16.3. The van der Waals surface area contributed by atoms with Crippen LogP contribution in [0.3, 0.4) is 0 Å². The SMILES string of the molecule is COc1ccc(CNC2=NCC3CN(C(=O)OC(C)(C)C)CCN23)cn1.I. The first-order valence-corrected chi connectivity index (χ1v) is 8.87. The summed E-state index contributed by atoms with van der Waals surface area (Å²) in [6, 6.07) is 4.02. The van der Waals surface area contributed by atoms with Gasteiger partial charge in [-0.3, -0.25) is 4.99 Å². The lowest BCUT2D eigenvalue weighted by atomic mass is 10.2. The minimum absolute atomic E-state index is 0. The number of nitrogens with zero attached hydrogens (tertiary/aromatic N) is 4. The van der Waals surface area contributed by atoms with Gasteiger partial charge in [-0.1, -0.05) is 6.07 Å². The number of halogens is 1. The van der Waals surface area contributed by atoms with E-state index in [1.165, 1.54) is 0 Å². The molecule has 0 spiro atoms. The molecule has 27 heavy (non-hydrogen) atoms. The molecule has 150 valence electrons. The Morgan fingerprint density at radius 2 is 2.11 bits per heavy atom. The summed E-state index contributed by atoms with van der Waals surface area (Å²) in [5, 5.41) is 3.38. The molecule has 1 amide bonds. The molecule has 2 aliphatic rings. The van der Waals surface area contributed by atoms with Crippen molar-refractivity contribution in [1.82, 2.24) is 20.1 Å². The zero-order chi connectivity index (χ0) is 18.7. The van der Waals surface area contributed by atoms with Crippen LogP contribution in [-0.4, -0.2) is 71.8 Å². The first-order chi connectivity index (χ1) is 12.4. The van der Waals surface area contributed by atoms with Gasteiger partial charge in [-0.15, -0.1) is 24.0 Å². The molecule has 8 nitrogen and oxygen atoms in total. The third-order valence-corrected chi connectivity index (χ3v) is 4.32. The van der Waals surface area contributed by atoms with Gasteiger partial charge in [0, 0.05) is 38.4 Å². The summed E-state index contributed by atoms with van der Waals surface area (Å²) in [5.74, 6) is 1.49. The first-order valence-electron chi connectivity index (χ1n) is 8.87. The highest BCUT2D eigenvalue weighted by molar-refractivity contribution is 14.0. The molecule has 1 N–H and O–H groups in total. The molecule has 0 radical (unpaired) electrons. The number of rotatable bonds is 3. The number of guanidine groups is 1. The minimum Gasteiger partial charge on any atom is -0.481 e. The molecule has 0 aromatic carbocycles. The molecule has 0 bridgehead atoms. The highest BCUT2D eigenvalue weighted by Crippen LogP contribution is 2.19. The summed E-state index contributed by atoms with van der Waals surface area (Å²) < 4.78 is 10.5. The lowest BCUT2D eigenvalue weighted by Crippen LogP contribution is -2.57. The molecule has 1 aromatic rings. The molecule has 9 heteroatoms. The van der Waals surface area contributed by atoms with Crippen molar-refractivity contribution in [2.75, 3.05) is 33.3 Å². The quantitative estimate of drug-likeness (QED) is 0.656. The van der Waals surface area contributed by atoms with Crippen LogP contribution < -0.4 is 10.1 Å². The summed E-state index contributed by atoms with van der Waals surface area (Å²) in [6.07, 6.45) is 1.54. The van der Waals surface area contributed by atoms with E-state index in [9.17, 15) is 4.79 Å². The van der Waals surface area contributed by atoms with Crippen molar-refractivity contribution in [3.63, 3.8) is 0 Å². The van der Waals surface area contributed by atoms with Crippen LogP contribution in [0.5, 0.6) is 5.88 Å². The fourth-order valence-corrected chi connectivity index (χ4v) is 3.04. The molecule has 1 saturated heterocycles. The summed E-state index contributed by atoms with van der Waals surface area (Å²) in [7, 11) is 1.60. The molecule has 2 aliphatic heterocycles. The number of aliphatic imine (C=N–C) groups is 1. The molecule has 3 rings (SSSR count). The van der Waals surface area contributed by atoms with Gasteiger partial charge in [0.2, 0.25) is 5.88 Å². The predicted octanol–water partition coefficient (Wildman–Crippen LogP) is 2.09. The van der Waals surface area contributed by atoms with Gasteiger partial charge in [0.05, 0.1) is 19.7 Å². The number of hydrogen-bond donors (Lipinski definition) is 1. The van der Waals surface area contributed by atoms with Gasteiger partial charge in [-0.05, 0) is 26.3 Å². The fourth-order valence-electron chi connectivity index (χ4n) is 3.04. The Kier molecular flexibility index (Phi) is 7.12. The van der Waals surface area contributed by atoms with E-state index in [-0.39, 0.29) is 36.1 Å². The molecule has 0 saturated carbocycles. The number of carbonyl (C=O) groups is 1. The van der Waals surface area contributed by atoms with E-state index < -0.39 is 5.60 Å². The Balaban J connectivity index is 0.00000261. The average molecular weight is 489 g/mol. The third-order valence-electron chi connectivity index (χ3n) is 4.32. The summed E-state index contributed by atoms with van der Waals surface area (Å²) in [5.41, 5.74) is 0.587. The normalized spacial score (nSPS) is 19.0. The topological polar surface area (TPSA) is 79.3 Å². The van der Waals surface area contributed by atoms with E-state index in [2.05, 4.69) is 20.2 Å². The van der Waals surface area contributed by atoms with Gasteiger partial charge < -0.3 is 24.6 Å². The standard InChI is InChI=1S/C18H27N5O3.HI/c1-18(2,3)26-17(24)22-7-8-23-14(12-22)11-21-16(23)20-10-13-5-6-15(25-4)19-9-13;/h5-6,9,14H,7-8,10-12H2,1-4H3,(H,20,21);1H. The summed E-state index contributed by atoms with van der Waals surface area (Å²) in [6.45, 7) is 9.00. The highest BCUT2D eigenvalue weighted by Gasteiger charge is 2.36. The van der Waals surface area contributed by atoms with E-state index in [1.54, 1.807) is 18.2 Å². The van der Waals surface area contributed by atoms with Gasteiger partial charge >= 0.3 is 6.09 Å². The van der Waals surface area contributed by atoms with Gasteiger partial charge in [0.25, 0.3) is 0 Å². The number of hydrogen-bond acceptors (Lipinski definition) is 7. The molecule has 1 aromatic heterocycles. The monoisotopic (exact) mass is 489 g/mol. The number of aromatic nitrogens is 1. The second kappa shape index (κ2) is 8.94. The van der Waals surface area contributed by atoms with Gasteiger partial charge in [-0.25, -0.2) is 9.78 Å². The minimum atomic E-state index is -0.473. The zero-order valence-corrected chi connectivity index (χ0v) is 18.6. The largest absolute Gasteiger partial charge is 0.481 e. The van der Waals surface area contributed by atoms with Crippen LogP contribution in [-0.2, 0) is 11.3 Å². The lowest BCUT2D eigenvalue weighted by Gasteiger charge is -2.39. The molecule has 3 heterocycles. The van der Waals surface area contributed by atoms with Crippen molar-refractivity contribution < 1.29 is 14.3 Å². The van der Waals surface area contributed by atoms with E-state index in [0.29, 0.717) is 32.1 Å². The maximum atomic E-state index is 12.3. The average Bonchev–Trinajstić information content (AvgIpc) is 3.01. The fraction of sp³-hybridized carbons (Fsp3) is 0.611. The number of methoxy groups -OCH3 is 1. The number of pyridine rings is 1. The van der Waals surface area contributed by atoms with Crippen LogP contribution in [0.25, 0.3) is 0 Å². The van der Waals surface area contributed by atoms with Crippen molar-refractivity contribution in [3.05, 3.63) is 23.9 Å². The number of nitrogens with one attached hydrogen (secondary N) is 1. The van der Waals surface area contributed by atoms with Crippen molar-refractivity contribution in [1.29, 1.82) is 0 Å². The predicted molar refractivity (Wildman–Crippen MR) is 114 cm³/mol. The molecule has 1 atom stereocenters. The van der Waals surface area contributed by atoms with Crippen LogP contribution in [0.15, 0.2) is 23.3 Å². The lowest BCUT2D eigenvalue weighted by molar-refractivity contribution is 0.0137. The number of fused-ring (bicyclic) bond motifs is 1. The smallest absolute Gasteiger partial charge is 0.410 e. The van der Waals surface area contributed by atoms with Crippen LogP contribution in [0.4, 0.5) is 4.79 Å². The van der Waals surface area contributed by atoms with Crippen molar-refractivity contribution in [3.8, 4) is 5.88 Å². The maximum Gasteiger partial charge on any atom is 0.410 e. The second-order valence-corrected chi connectivity index (χ2v) is 7.50. The van der Waals surface area contributed by atoms with E-state index in [4.69, 9.17) is 9.47 Å². The molecule has 1 fully saturated rings. The van der Waals surface area contributed by atoms with Crippen LogP contribution >= 0.6 is 24.0 Å². The number of amides is 1. The Labute approximate surface area is 177 Å². The number of carbonyl (C=O) groups excluding carboxylic acids is 1. The Morgan fingerprint density at radius 1 is 1.33 bits per heavy atom. The summed E-state index contributed by atoms with van der Waals surface area (Å²) in [4.78, 5) is 25.1. The Morgan fingerprint density at radius 3 is 2.74 bits per heavy atom. The maximum absolute atomic E-state index is 12.3. The van der Waals surface area contributed by atoms with Crippen molar-refractivity contribution >= 4 is 36.0 Å². The van der Waals surface area contributed by atoms with Gasteiger partial charge in [-0.2, -0.15) is 0 Å². The van der Waals surface area contributed by atoms with Crippen LogP contribution in [0.2, 0.25) is 0 Å². The third kappa shape index (κ3) is 5.60. The molecule has 0 aliphatic carbocycles. The Bertz CT molecular complexity index is 675. The second-order valence-electron chi connectivity index (χ2n) is 7.50. The summed E-state index contributed by atoms with van der Waals surface area (Å²) >= 11 is 0. The van der Waals surface area contributed by atoms with Crippen molar-refractivity contribution in [2.45, 2.75) is 39.0 Å². The molecule has 1 unspecified atom stereocenters. The van der Waals surface area contributed by atoms with Crippen molar-refractivity contribution in [2.24, 2.45) is 4.99 Å². The van der Waals surface area contributed by atoms with Gasteiger partial charge in [0.1, 0.15) is 5.60 Å².